The molecule has 1 aromatic carbocycles. The molecule has 0 bridgehead atoms. The number of ether oxygens (including phenoxy) is 2. The molecular formula is C38H69N5O8. The molecule has 5 N–H and O–H groups in total. The fourth-order valence-electron chi connectivity index (χ4n) is 6.19. The van der Waals surface area contributed by atoms with E-state index in [1.54, 1.807) is 25.9 Å². The van der Waals surface area contributed by atoms with Gasteiger partial charge in [-0.2, -0.15) is 0 Å². The van der Waals surface area contributed by atoms with Crippen molar-refractivity contribution < 1.29 is 38.9 Å². The summed E-state index contributed by atoms with van der Waals surface area (Å²) in [5, 5.41) is 26.8. The van der Waals surface area contributed by atoms with Crippen LogP contribution in [0.5, 0.6) is 0 Å². The number of carbonyl (C=O) groups excluding carboxylic acids is 4. The van der Waals surface area contributed by atoms with Gasteiger partial charge in [0, 0.05) is 34.4 Å². The Balaban J connectivity index is 0.00000215. The van der Waals surface area contributed by atoms with E-state index in [9.17, 15) is 24.3 Å². The number of nitrogens with one attached hydrogen (secondary N) is 3. The first-order valence-corrected chi connectivity index (χ1v) is 18.3. The van der Waals surface area contributed by atoms with Gasteiger partial charge in [-0.15, -0.1) is 0 Å². The number of methoxy groups -OCH3 is 2. The van der Waals surface area contributed by atoms with E-state index in [1.807, 2.05) is 32.0 Å². The zero-order valence-electron chi connectivity index (χ0n) is 33.1. The molecule has 0 saturated carbocycles. The number of hydrogen-bond acceptors (Lipinski definition) is 9. The Kier molecular flexibility index (Phi) is 25.0. The summed E-state index contributed by atoms with van der Waals surface area (Å²) in [4.78, 5) is 55.1. The first-order chi connectivity index (χ1) is 24.2. The van der Waals surface area contributed by atoms with E-state index in [4.69, 9.17) is 14.6 Å². The normalized spacial score (nSPS) is 17.9. The molecule has 1 heterocycles. The van der Waals surface area contributed by atoms with Crippen molar-refractivity contribution in [2.24, 2.45) is 11.8 Å². The molecule has 1 aliphatic rings. The largest absolute Gasteiger partial charge is 0.395 e. The van der Waals surface area contributed by atoms with E-state index in [0.717, 1.165) is 12.8 Å². The molecule has 51 heavy (non-hydrogen) atoms. The van der Waals surface area contributed by atoms with Crippen molar-refractivity contribution in [3.8, 4) is 0 Å². The number of nitrogens with zero attached hydrogens (tertiary/aromatic N) is 2. The molecule has 8 atom stereocenters. The molecule has 0 spiro atoms. The highest BCUT2D eigenvalue weighted by Gasteiger charge is 2.42. The van der Waals surface area contributed by atoms with Gasteiger partial charge >= 0.3 is 0 Å². The standard InChI is InChI=1S/C28H53N5O8.C7H8.C3H8/c1-9-17(2)25(32(6)23(37)16-31-28(39)24(29-5)19(4)35)21(40-7)15-22(36)33-13-10-11-20(33)26(41-8)18(3)27(38)30-12-14-34;1-7-5-3-2-4-6-7;1-3-2/h17-21,24-26,29,34-35H,9-16H2,1-8H3,(H,30,38)(H,31,39);2-6H,1H3;3H2,1-2H3. The fourth-order valence-corrected chi connectivity index (χ4v) is 6.19. The van der Waals surface area contributed by atoms with Crippen LogP contribution in [-0.4, -0.2) is 135 Å². The second kappa shape index (κ2) is 26.6. The number of likely N-dealkylation sites (tertiary alicyclic amines) is 1. The molecule has 4 amide bonds. The lowest BCUT2D eigenvalue weighted by molar-refractivity contribution is -0.145. The van der Waals surface area contributed by atoms with Gasteiger partial charge in [0.25, 0.3) is 0 Å². The summed E-state index contributed by atoms with van der Waals surface area (Å²) in [7, 11) is 6.23. The Labute approximate surface area is 307 Å². The topological polar surface area (TPSA) is 170 Å². The lowest BCUT2D eigenvalue weighted by Gasteiger charge is -2.39. The van der Waals surface area contributed by atoms with Crippen LogP contribution in [0.25, 0.3) is 0 Å². The summed E-state index contributed by atoms with van der Waals surface area (Å²) in [6, 6.07) is 8.66. The SMILES string of the molecule is CCC.CCC(C)C(C(CC(=O)N1CCCC1C(OC)C(C)C(=O)NCCO)OC)N(C)C(=O)CNC(=O)C(NC)C(C)O.Cc1ccccc1. The van der Waals surface area contributed by atoms with Gasteiger partial charge in [-0.1, -0.05) is 83.4 Å². The summed E-state index contributed by atoms with van der Waals surface area (Å²) < 4.78 is 11.5. The van der Waals surface area contributed by atoms with Crippen LogP contribution in [0.15, 0.2) is 30.3 Å². The van der Waals surface area contributed by atoms with E-state index in [1.165, 1.54) is 38.0 Å². The maximum atomic E-state index is 13.7. The molecule has 1 aliphatic heterocycles. The second-order valence-corrected chi connectivity index (χ2v) is 13.2. The van der Waals surface area contributed by atoms with Gasteiger partial charge < -0.3 is 45.4 Å². The Hall–Kier alpha value is -3.10. The molecule has 13 nitrogen and oxygen atoms in total. The third-order valence-corrected chi connectivity index (χ3v) is 9.15. The van der Waals surface area contributed by atoms with Crippen molar-refractivity contribution in [2.45, 2.75) is 117 Å². The molecule has 8 unspecified atom stereocenters. The van der Waals surface area contributed by atoms with Crippen LogP contribution in [0.3, 0.4) is 0 Å². The molecule has 1 fully saturated rings. The van der Waals surface area contributed by atoms with Gasteiger partial charge in [0.15, 0.2) is 0 Å². The molecular weight excluding hydrogens is 654 g/mol. The molecule has 13 heteroatoms. The number of carbonyl (C=O) groups is 4. The summed E-state index contributed by atoms with van der Waals surface area (Å²) >= 11 is 0. The van der Waals surface area contributed by atoms with Crippen molar-refractivity contribution in [1.82, 2.24) is 25.8 Å². The van der Waals surface area contributed by atoms with Crippen LogP contribution < -0.4 is 16.0 Å². The number of aryl methyl sites for hydroxylation is 1. The number of benzene rings is 1. The van der Waals surface area contributed by atoms with Crippen molar-refractivity contribution in [3.05, 3.63) is 35.9 Å². The van der Waals surface area contributed by atoms with Crippen molar-refractivity contribution in [2.75, 3.05) is 54.6 Å². The number of aliphatic hydroxyl groups excluding tert-OH is 2. The maximum Gasteiger partial charge on any atom is 0.242 e. The molecule has 0 radical (unpaired) electrons. The monoisotopic (exact) mass is 724 g/mol. The quantitative estimate of drug-likeness (QED) is 0.153. The van der Waals surface area contributed by atoms with Crippen LogP contribution in [0, 0.1) is 18.8 Å². The highest BCUT2D eigenvalue weighted by atomic mass is 16.5. The molecule has 0 aromatic heterocycles. The van der Waals surface area contributed by atoms with Crippen LogP contribution in [0.4, 0.5) is 0 Å². The average molecular weight is 724 g/mol. The van der Waals surface area contributed by atoms with Gasteiger partial charge in [0.1, 0.15) is 6.04 Å². The lowest BCUT2D eigenvalue weighted by atomic mass is 9.90. The van der Waals surface area contributed by atoms with Crippen molar-refractivity contribution in [3.63, 3.8) is 0 Å². The fraction of sp³-hybridized carbons (Fsp3) is 0.737. The van der Waals surface area contributed by atoms with Crippen LogP contribution in [0.1, 0.15) is 79.2 Å². The van der Waals surface area contributed by atoms with Crippen LogP contribution in [-0.2, 0) is 28.7 Å². The van der Waals surface area contributed by atoms with E-state index < -0.39 is 42.2 Å². The predicted molar refractivity (Wildman–Crippen MR) is 201 cm³/mol. The smallest absolute Gasteiger partial charge is 0.242 e. The third kappa shape index (κ3) is 16.4. The number of hydrogen-bond donors (Lipinski definition) is 5. The summed E-state index contributed by atoms with van der Waals surface area (Å²) in [5.41, 5.74) is 1.32. The Morgan fingerprint density at radius 1 is 1.00 bits per heavy atom. The predicted octanol–water partition coefficient (Wildman–Crippen LogP) is 2.51. The van der Waals surface area contributed by atoms with Gasteiger partial charge in [0.05, 0.1) is 55.9 Å². The number of aliphatic hydroxyl groups is 2. The van der Waals surface area contributed by atoms with Gasteiger partial charge in [0.2, 0.25) is 23.6 Å². The molecule has 294 valence electrons. The summed E-state index contributed by atoms with van der Waals surface area (Å²) in [6.07, 6.45) is 1.38. The van der Waals surface area contributed by atoms with Crippen molar-refractivity contribution >= 4 is 23.6 Å². The minimum absolute atomic E-state index is 0.0173. The summed E-state index contributed by atoms with van der Waals surface area (Å²) in [5.74, 6) is -1.80. The second-order valence-electron chi connectivity index (χ2n) is 13.2. The number of rotatable bonds is 18. The zero-order valence-corrected chi connectivity index (χ0v) is 33.1. The van der Waals surface area contributed by atoms with Gasteiger partial charge in [-0.3, -0.25) is 19.2 Å². The van der Waals surface area contributed by atoms with Crippen molar-refractivity contribution in [1.29, 1.82) is 0 Å². The zero-order chi connectivity index (χ0) is 39.1. The minimum atomic E-state index is -0.936. The van der Waals surface area contributed by atoms with E-state index in [0.29, 0.717) is 13.0 Å². The van der Waals surface area contributed by atoms with Crippen LogP contribution in [0.2, 0.25) is 0 Å². The van der Waals surface area contributed by atoms with Gasteiger partial charge in [-0.25, -0.2) is 0 Å². The highest BCUT2D eigenvalue weighted by Crippen LogP contribution is 2.29. The van der Waals surface area contributed by atoms with E-state index >= 15 is 0 Å². The van der Waals surface area contributed by atoms with E-state index in [-0.39, 0.29) is 55.8 Å². The third-order valence-electron chi connectivity index (χ3n) is 9.15. The first-order valence-electron chi connectivity index (χ1n) is 18.3. The minimum Gasteiger partial charge on any atom is -0.395 e. The lowest BCUT2D eigenvalue weighted by Crippen LogP contribution is -2.55. The first kappa shape index (κ1) is 47.9. The molecule has 1 aromatic rings. The molecule has 0 aliphatic carbocycles. The average Bonchev–Trinajstić information content (AvgIpc) is 3.60. The molecule has 1 saturated heterocycles. The molecule has 2 rings (SSSR count). The highest BCUT2D eigenvalue weighted by molar-refractivity contribution is 5.88. The summed E-state index contributed by atoms with van der Waals surface area (Å²) in [6.45, 7) is 13.8. The number of likely N-dealkylation sites (N-methyl/N-ethyl adjacent to an activating group) is 2. The van der Waals surface area contributed by atoms with Crippen LogP contribution >= 0.6 is 0 Å². The van der Waals surface area contributed by atoms with E-state index in [2.05, 4.69) is 48.9 Å². The Morgan fingerprint density at radius 2 is 1.61 bits per heavy atom. The van der Waals surface area contributed by atoms with Gasteiger partial charge in [-0.05, 0) is 39.7 Å². The maximum absolute atomic E-state index is 13.7. The Morgan fingerprint density at radius 3 is 2.06 bits per heavy atom. The number of amides is 4. The Bertz CT molecular complexity index is 1120.